The highest BCUT2D eigenvalue weighted by molar-refractivity contribution is 7.90. The second-order valence-corrected chi connectivity index (χ2v) is 7.26. The van der Waals surface area contributed by atoms with Gasteiger partial charge in [0.1, 0.15) is 0 Å². The normalized spacial score (nSPS) is 13.7. The number of sulfonamides is 1. The van der Waals surface area contributed by atoms with Crippen LogP contribution in [-0.2, 0) is 14.8 Å². The molecular weight excluding hydrogens is 278 g/mol. The van der Waals surface area contributed by atoms with E-state index in [4.69, 9.17) is 9.84 Å². The zero-order valence-electron chi connectivity index (χ0n) is 12.2. The predicted octanol–water partition coefficient (Wildman–Crippen LogP) is 1.37. The molecule has 2 N–H and O–H groups in total. The van der Waals surface area contributed by atoms with E-state index in [1.54, 1.807) is 13.8 Å². The summed E-state index contributed by atoms with van der Waals surface area (Å²) in [6, 6.07) is 7.70. The lowest BCUT2D eigenvalue weighted by molar-refractivity contribution is 0.0309. The van der Waals surface area contributed by atoms with Crippen LogP contribution in [0.25, 0.3) is 0 Å². The number of nitrogens with one attached hydrogen (secondary N) is 1. The Kier molecular flexibility index (Phi) is 6.61. The van der Waals surface area contributed by atoms with Crippen molar-refractivity contribution in [2.24, 2.45) is 0 Å². The predicted molar refractivity (Wildman–Crippen MR) is 79.0 cm³/mol. The van der Waals surface area contributed by atoms with E-state index in [0.717, 1.165) is 11.1 Å². The average molecular weight is 301 g/mol. The van der Waals surface area contributed by atoms with Gasteiger partial charge in [-0.15, -0.1) is 0 Å². The van der Waals surface area contributed by atoms with E-state index in [1.807, 2.05) is 31.2 Å². The molecule has 1 aromatic carbocycles. The molecule has 0 radical (unpaired) electrons. The number of benzene rings is 1. The summed E-state index contributed by atoms with van der Waals surface area (Å²) in [6.07, 6.45) is -0.406. The standard InChI is InChI=1S/C14H23NO4S/c1-11(2)20(17,18)15-10-14(19-9-8-16)13-6-4-12(3)5-7-13/h4-7,11,14-16H,8-10H2,1-3H3. The van der Waals surface area contributed by atoms with E-state index >= 15 is 0 Å². The summed E-state index contributed by atoms with van der Waals surface area (Å²) in [4.78, 5) is 0. The van der Waals surface area contributed by atoms with Gasteiger partial charge in [0.15, 0.2) is 0 Å². The summed E-state index contributed by atoms with van der Waals surface area (Å²) in [5.74, 6) is 0. The van der Waals surface area contributed by atoms with Crippen molar-refractivity contribution in [3.63, 3.8) is 0 Å². The van der Waals surface area contributed by atoms with E-state index in [-0.39, 0.29) is 19.8 Å². The maximum Gasteiger partial charge on any atom is 0.214 e. The lowest BCUT2D eigenvalue weighted by Gasteiger charge is -2.19. The highest BCUT2D eigenvalue weighted by Gasteiger charge is 2.19. The van der Waals surface area contributed by atoms with Crippen LogP contribution >= 0.6 is 0 Å². The lowest BCUT2D eigenvalue weighted by atomic mass is 10.1. The van der Waals surface area contributed by atoms with Gasteiger partial charge >= 0.3 is 0 Å². The summed E-state index contributed by atoms with van der Waals surface area (Å²) in [5, 5.41) is 8.37. The molecule has 0 amide bonds. The van der Waals surface area contributed by atoms with Crippen molar-refractivity contribution in [3.8, 4) is 0 Å². The van der Waals surface area contributed by atoms with Crippen molar-refractivity contribution >= 4 is 10.0 Å². The third kappa shape index (κ3) is 5.20. The van der Waals surface area contributed by atoms with Crippen molar-refractivity contribution in [2.45, 2.75) is 32.1 Å². The highest BCUT2D eigenvalue weighted by Crippen LogP contribution is 2.17. The number of aryl methyl sites for hydroxylation is 1. The Morgan fingerprint density at radius 1 is 1.25 bits per heavy atom. The molecule has 0 saturated carbocycles. The number of aliphatic hydroxyl groups excluding tert-OH is 1. The van der Waals surface area contributed by atoms with Gasteiger partial charge in [0.2, 0.25) is 10.0 Å². The van der Waals surface area contributed by atoms with E-state index < -0.39 is 21.4 Å². The van der Waals surface area contributed by atoms with Gasteiger partial charge in [-0.1, -0.05) is 29.8 Å². The first-order valence-electron chi connectivity index (χ1n) is 6.64. The molecule has 114 valence electrons. The monoisotopic (exact) mass is 301 g/mol. The molecule has 20 heavy (non-hydrogen) atoms. The molecule has 0 bridgehead atoms. The van der Waals surface area contributed by atoms with Gasteiger partial charge in [-0.25, -0.2) is 13.1 Å². The molecule has 1 atom stereocenters. The molecule has 6 heteroatoms. The molecule has 0 aliphatic heterocycles. The molecule has 0 fully saturated rings. The van der Waals surface area contributed by atoms with Crippen molar-refractivity contribution in [2.75, 3.05) is 19.8 Å². The van der Waals surface area contributed by atoms with E-state index in [2.05, 4.69) is 4.72 Å². The topological polar surface area (TPSA) is 75.6 Å². The quantitative estimate of drug-likeness (QED) is 0.760. The van der Waals surface area contributed by atoms with Crippen LogP contribution in [0.3, 0.4) is 0 Å². The van der Waals surface area contributed by atoms with Gasteiger partial charge in [-0.05, 0) is 26.3 Å². The van der Waals surface area contributed by atoms with Crippen molar-refractivity contribution < 1.29 is 18.3 Å². The highest BCUT2D eigenvalue weighted by atomic mass is 32.2. The smallest absolute Gasteiger partial charge is 0.214 e. The van der Waals surface area contributed by atoms with Crippen LogP contribution in [0.2, 0.25) is 0 Å². The van der Waals surface area contributed by atoms with Gasteiger partial charge in [-0.3, -0.25) is 0 Å². The maximum atomic E-state index is 11.8. The van der Waals surface area contributed by atoms with Crippen LogP contribution in [0, 0.1) is 6.92 Å². The van der Waals surface area contributed by atoms with Crippen molar-refractivity contribution in [1.29, 1.82) is 0 Å². The summed E-state index contributed by atoms with van der Waals surface area (Å²) in [6.45, 7) is 5.45. The number of rotatable bonds is 8. The van der Waals surface area contributed by atoms with Crippen LogP contribution in [0.4, 0.5) is 0 Å². The summed E-state index contributed by atoms with van der Waals surface area (Å²) in [5.41, 5.74) is 2.01. The molecule has 0 aromatic heterocycles. The Bertz CT molecular complexity index is 496. The van der Waals surface area contributed by atoms with E-state index in [1.165, 1.54) is 0 Å². The second kappa shape index (κ2) is 7.73. The summed E-state index contributed by atoms with van der Waals surface area (Å²) in [7, 11) is -3.33. The van der Waals surface area contributed by atoms with Gasteiger partial charge in [0, 0.05) is 6.54 Å². The minimum absolute atomic E-state index is 0.0979. The minimum Gasteiger partial charge on any atom is -0.394 e. The molecule has 5 nitrogen and oxygen atoms in total. The molecule has 1 rings (SSSR count). The molecule has 0 heterocycles. The van der Waals surface area contributed by atoms with E-state index in [9.17, 15) is 8.42 Å². The average Bonchev–Trinajstić information content (AvgIpc) is 2.40. The zero-order valence-corrected chi connectivity index (χ0v) is 13.0. The molecule has 0 aliphatic carbocycles. The van der Waals surface area contributed by atoms with Crippen molar-refractivity contribution in [3.05, 3.63) is 35.4 Å². The number of hydrogen-bond donors (Lipinski definition) is 2. The summed E-state index contributed by atoms with van der Waals surface area (Å²) < 4.78 is 31.6. The number of aliphatic hydroxyl groups is 1. The first-order chi connectivity index (χ1) is 9.36. The van der Waals surface area contributed by atoms with Gasteiger partial charge in [0.05, 0.1) is 24.6 Å². The molecule has 0 spiro atoms. The van der Waals surface area contributed by atoms with Crippen LogP contribution < -0.4 is 4.72 Å². The number of ether oxygens (including phenoxy) is 1. The van der Waals surface area contributed by atoms with E-state index in [0.29, 0.717) is 0 Å². The maximum absolute atomic E-state index is 11.8. The second-order valence-electron chi connectivity index (χ2n) is 4.94. The lowest BCUT2D eigenvalue weighted by Crippen LogP contribution is -2.34. The molecule has 0 aliphatic rings. The fourth-order valence-corrected chi connectivity index (χ4v) is 2.32. The van der Waals surface area contributed by atoms with Crippen LogP contribution in [0.1, 0.15) is 31.1 Å². The fourth-order valence-electron chi connectivity index (χ4n) is 1.61. The van der Waals surface area contributed by atoms with Crippen LogP contribution in [-0.4, -0.2) is 38.5 Å². The Morgan fingerprint density at radius 2 is 1.85 bits per heavy atom. The van der Waals surface area contributed by atoms with Crippen LogP contribution in [0.5, 0.6) is 0 Å². The third-order valence-electron chi connectivity index (χ3n) is 2.95. The van der Waals surface area contributed by atoms with Crippen LogP contribution in [0.15, 0.2) is 24.3 Å². The Morgan fingerprint density at radius 3 is 2.35 bits per heavy atom. The molecular formula is C14H23NO4S. The molecule has 1 unspecified atom stereocenters. The SMILES string of the molecule is Cc1ccc(C(CNS(=O)(=O)C(C)C)OCCO)cc1. The summed E-state index contributed by atoms with van der Waals surface area (Å²) >= 11 is 0. The first-order valence-corrected chi connectivity index (χ1v) is 8.19. The zero-order chi connectivity index (χ0) is 15.2. The van der Waals surface area contributed by atoms with Gasteiger partial charge in [-0.2, -0.15) is 0 Å². The molecule has 1 aromatic rings. The number of hydrogen-bond acceptors (Lipinski definition) is 4. The fraction of sp³-hybridized carbons (Fsp3) is 0.571. The minimum atomic E-state index is -3.33. The Labute approximate surface area is 121 Å². The molecule has 0 saturated heterocycles. The van der Waals surface area contributed by atoms with Gasteiger partial charge in [0.25, 0.3) is 0 Å². The van der Waals surface area contributed by atoms with Gasteiger partial charge < -0.3 is 9.84 Å². The largest absolute Gasteiger partial charge is 0.394 e. The van der Waals surface area contributed by atoms with Crippen molar-refractivity contribution in [1.82, 2.24) is 4.72 Å². The first kappa shape index (κ1) is 17.1. The Hall–Kier alpha value is -0.950. The Balaban J connectivity index is 2.77. The third-order valence-corrected chi connectivity index (χ3v) is 4.76.